The molecule has 0 atom stereocenters. The fourth-order valence-corrected chi connectivity index (χ4v) is 3.04. The number of carbonyl (C=O) groups excluding carboxylic acids is 2. The van der Waals surface area contributed by atoms with Gasteiger partial charge in [0, 0.05) is 22.3 Å². The molecule has 2 amide bonds. The van der Waals surface area contributed by atoms with Gasteiger partial charge in [-0.1, -0.05) is 42.8 Å². The molecule has 0 fully saturated rings. The number of nitrogens with one attached hydrogen (secondary N) is 3. The molecule has 2 aromatic rings. The van der Waals surface area contributed by atoms with Gasteiger partial charge in [-0.25, -0.2) is 0 Å². The summed E-state index contributed by atoms with van der Waals surface area (Å²) in [5.74, 6) is 0.372. The number of rotatable bonds is 7. The first-order chi connectivity index (χ1) is 14.2. The Balaban J connectivity index is 2.10. The van der Waals surface area contributed by atoms with Crippen molar-refractivity contribution in [2.45, 2.75) is 34.1 Å². The van der Waals surface area contributed by atoms with Crippen LogP contribution in [-0.4, -0.2) is 23.5 Å². The molecule has 0 saturated carbocycles. The van der Waals surface area contributed by atoms with E-state index in [9.17, 15) is 9.59 Å². The summed E-state index contributed by atoms with van der Waals surface area (Å²) in [5.41, 5.74) is 2.66. The van der Waals surface area contributed by atoms with Crippen LogP contribution < -0.4 is 20.7 Å². The van der Waals surface area contributed by atoms with Crippen LogP contribution >= 0.6 is 28.1 Å². The van der Waals surface area contributed by atoms with Crippen LogP contribution in [0.1, 0.15) is 43.1 Å². The third-order valence-corrected chi connectivity index (χ3v) is 4.77. The van der Waals surface area contributed by atoms with Gasteiger partial charge in [0.05, 0.1) is 12.2 Å². The van der Waals surface area contributed by atoms with Crippen LogP contribution in [0.15, 0.2) is 40.9 Å². The highest BCUT2D eigenvalue weighted by molar-refractivity contribution is 9.10. The number of halogens is 1. The average Bonchev–Trinajstić information content (AvgIpc) is 2.69. The molecule has 0 radical (unpaired) electrons. The van der Waals surface area contributed by atoms with Crippen molar-refractivity contribution < 1.29 is 14.3 Å². The van der Waals surface area contributed by atoms with Crippen molar-refractivity contribution in [3.63, 3.8) is 0 Å². The lowest BCUT2D eigenvalue weighted by atomic mass is 10.1. The zero-order valence-electron chi connectivity index (χ0n) is 17.5. The molecule has 0 unspecified atom stereocenters. The number of benzene rings is 2. The van der Waals surface area contributed by atoms with E-state index in [4.69, 9.17) is 17.0 Å². The minimum absolute atomic E-state index is 0.0743. The van der Waals surface area contributed by atoms with Crippen LogP contribution in [0.25, 0.3) is 0 Å². The first-order valence-electron chi connectivity index (χ1n) is 9.64. The first kappa shape index (κ1) is 23.8. The average molecular weight is 492 g/mol. The predicted octanol–water partition coefficient (Wildman–Crippen LogP) is 5.27. The smallest absolute Gasteiger partial charge is 0.261 e. The fraction of sp³-hybridized carbons (Fsp3) is 0.318. The lowest BCUT2D eigenvalue weighted by Crippen LogP contribution is -2.34. The second-order valence-corrected chi connectivity index (χ2v) is 8.51. The van der Waals surface area contributed by atoms with E-state index in [0.717, 1.165) is 10.0 Å². The zero-order valence-corrected chi connectivity index (χ0v) is 19.9. The van der Waals surface area contributed by atoms with E-state index in [1.807, 2.05) is 39.0 Å². The highest BCUT2D eigenvalue weighted by atomic mass is 79.9. The van der Waals surface area contributed by atoms with Crippen LogP contribution in [0, 0.1) is 12.8 Å². The monoisotopic (exact) mass is 491 g/mol. The maximum absolute atomic E-state index is 12.8. The molecule has 2 rings (SSSR count). The number of thiocarbonyl (C=S) groups is 1. The second-order valence-electron chi connectivity index (χ2n) is 7.19. The van der Waals surface area contributed by atoms with Gasteiger partial charge in [-0.05, 0) is 61.0 Å². The lowest BCUT2D eigenvalue weighted by Gasteiger charge is -2.15. The fourth-order valence-electron chi connectivity index (χ4n) is 2.47. The van der Waals surface area contributed by atoms with Crippen molar-refractivity contribution in [3.05, 3.63) is 52.0 Å². The van der Waals surface area contributed by atoms with Crippen molar-refractivity contribution in [1.29, 1.82) is 0 Å². The summed E-state index contributed by atoms with van der Waals surface area (Å²) in [6, 6.07) is 10.7. The van der Waals surface area contributed by atoms with Crippen LogP contribution in [0.2, 0.25) is 0 Å². The highest BCUT2D eigenvalue weighted by Gasteiger charge is 2.16. The highest BCUT2D eigenvalue weighted by Crippen LogP contribution is 2.24. The number of hydrogen-bond acceptors (Lipinski definition) is 4. The van der Waals surface area contributed by atoms with E-state index in [1.54, 1.807) is 25.1 Å². The number of aryl methyl sites for hydroxylation is 1. The molecular weight excluding hydrogens is 466 g/mol. The van der Waals surface area contributed by atoms with Crippen molar-refractivity contribution in [2.75, 3.05) is 17.2 Å². The molecule has 0 aliphatic heterocycles. The molecule has 0 saturated heterocycles. The summed E-state index contributed by atoms with van der Waals surface area (Å²) in [4.78, 5) is 24.5. The van der Waals surface area contributed by atoms with Crippen molar-refractivity contribution in [3.8, 4) is 5.75 Å². The zero-order chi connectivity index (χ0) is 22.3. The summed E-state index contributed by atoms with van der Waals surface area (Å²) in [6.45, 7) is 8.27. The minimum Gasteiger partial charge on any atom is -0.492 e. The second kappa shape index (κ2) is 11.1. The van der Waals surface area contributed by atoms with E-state index in [1.165, 1.54) is 0 Å². The third-order valence-electron chi connectivity index (χ3n) is 4.08. The Morgan fingerprint density at radius 1 is 1.13 bits per heavy atom. The van der Waals surface area contributed by atoms with Crippen LogP contribution in [0.5, 0.6) is 5.75 Å². The number of anilines is 2. The number of hydrogen-bond donors (Lipinski definition) is 3. The van der Waals surface area contributed by atoms with E-state index in [2.05, 4.69) is 31.9 Å². The molecule has 160 valence electrons. The van der Waals surface area contributed by atoms with E-state index in [-0.39, 0.29) is 16.9 Å². The molecule has 3 N–H and O–H groups in total. The van der Waals surface area contributed by atoms with Gasteiger partial charge < -0.3 is 15.4 Å². The van der Waals surface area contributed by atoms with Gasteiger partial charge in [0.25, 0.3) is 5.91 Å². The van der Waals surface area contributed by atoms with Crippen molar-refractivity contribution in [1.82, 2.24) is 5.32 Å². The summed E-state index contributed by atoms with van der Waals surface area (Å²) in [5, 5.41) is 8.65. The molecule has 0 heterocycles. The summed E-state index contributed by atoms with van der Waals surface area (Å²) in [6.07, 6.45) is 0.388. The molecule has 6 nitrogen and oxygen atoms in total. The van der Waals surface area contributed by atoms with Gasteiger partial charge in [0.1, 0.15) is 5.75 Å². The van der Waals surface area contributed by atoms with Gasteiger partial charge >= 0.3 is 0 Å². The normalized spacial score (nSPS) is 10.5. The van der Waals surface area contributed by atoms with Gasteiger partial charge in [-0.3, -0.25) is 14.9 Å². The standard InChI is InChI=1S/C22H26BrN3O3S/c1-5-20(27)25-18-11-16(8-6-14(18)4)24-22(30)26-21(28)17-10-15(23)7-9-19(17)29-12-13(2)3/h6-11,13H,5,12H2,1-4H3,(H,25,27)(H2,24,26,28,30). The quantitative estimate of drug-likeness (QED) is 0.459. The largest absolute Gasteiger partial charge is 0.492 e. The van der Waals surface area contributed by atoms with Crippen LogP contribution in [0.3, 0.4) is 0 Å². The summed E-state index contributed by atoms with van der Waals surface area (Å²) >= 11 is 8.68. The van der Waals surface area contributed by atoms with Gasteiger partial charge in [-0.15, -0.1) is 0 Å². The molecule has 30 heavy (non-hydrogen) atoms. The molecule has 0 bridgehead atoms. The summed E-state index contributed by atoms with van der Waals surface area (Å²) in [7, 11) is 0. The maximum Gasteiger partial charge on any atom is 0.261 e. The Labute approximate surface area is 190 Å². The van der Waals surface area contributed by atoms with Gasteiger partial charge in [-0.2, -0.15) is 0 Å². The van der Waals surface area contributed by atoms with Crippen LogP contribution in [-0.2, 0) is 4.79 Å². The van der Waals surface area contributed by atoms with Gasteiger partial charge in [0.15, 0.2) is 5.11 Å². The number of amides is 2. The van der Waals surface area contributed by atoms with E-state index < -0.39 is 0 Å². The maximum atomic E-state index is 12.8. The Kier molecular flexibility index (Phi) is 8.80. The topological polar surface area (TPSA) is 79.5 Å². The van der Waals surface area contributed by atoms with E-state index >= 15 is 0 Å². The van der Waals surface area contributed by atoms with Gasteiger partial charge in [0.2, 0.25) is 5.91 Å². The molecule has 0 aliphatic carbocycles. The van der Waals surface area contributed by atoms with Crippen molar-refractivity contribution in [2.24, 2.45) is 5.92 Å². The molecular formula is C22H26BrN3O3S. The van der Waals surface area contributed by atoms with Crippen LogP contribution in [0.4, 0.5) is 11.4 Å². The molecule has 0 aromatic heterocycles. The Bertz CT molecular complexity index is 947. The van der Waals surface area contributed by atoms with Crippen molar-refractivity contribution >= 4 is 56.4 Å². The molecule has 2 aromatic carbocycles. The van der Waals surface area contributed by atoms with E-state index in [0.29, 0.717) is 41.6 Å². The first-order valence-corrected chi connectivity index (χ1v) is 10.8. The minimum atomic E-state index is -0.376. The molecule has 0 spiro atoms. The number of ether oxygens (including phenoxy) is 1. The summed E-state index contributed by atoms with van der Waals surface area (Å²) < 4.78 is 6.53. The Hall–Kier alpha value is -2.45. The predicted molar refractivity (Wildman–Crippen MR) is 128 cm³/mol. The third kappa shape index (κ3) is 7.11. The SMILES string of the molecule is CCC(=O)Nc1cc(NC(=S)NC(=O)c2cc(Br)ccc2OCC(C)C)ccc1C. The molecule has 8 heteroatoms. The number of carbonyl (C=O) groups is 2. The lowest BCUT2D eigenvalue weighted by molar-refractivity contribution is -0.115. The Morgan fingerprint density at radius 2 is 1.87 bits per heavy atom. The molecule has 0 aliphatic rings. The Morgan fingerprint density at radius 3 is 2.53 bits per heavy atom.